The molecule has 1 heterocycles. The Hall–Kier alpha value is -2.14. The van der Waals surface area contributed by atoms with Crippen LogP contribution in [0.3, 0.4) is 0 Å². The smallest absolute Gasteiger partial charge is 0.302 e. The number of nitrogens with zero attached hydrogens (tertiary/aromatic N) is 1. The number of nitrogens with two attached hydrogens (primary N) is 1. The Morgan fingerprint density at radius 3 is 2.55 bits per heavy atom. The zero-order chi connectivity index (χ0) is 14.8. The van der Waals surface area contributed by atoms with Crippen LogP contribution in [0.4, 0.5) is 0 Å². The van der Waals surface area contributed by atoms with Gasteiger partial charge in [-0.2, -0.15) is 0 Å². The van der Waals surface area contributed by atoms with Gasteiger partial charge in [-0.3, -0.25) is 4.79 Å². The second-order valence-corrected chi connectivity index (χ2v) is 3.95. The molecule has 2 N–H and O–H groups in total. The number of rotatable bonds is 4. The fraction of sp³-hybridized carbons (Fsp3) is 0.333. The first-order chi connectivity index (χ1) is 9.67. The van der Waals surface area contributed by atoms with Gasteiger partial charge in [-0.05, 0) is 6.92 Å². The van der Waals surface area contributed by atoms with Gasteiger partial charge in [0, 0.05) is 25.5 Å². The van der Waals surface area contributed by atoms with E-state index in [4.69, 9.17) is 10.2 Å². The molecule has 1 aromatic heterocycles. The van der Waals surface area contributed by atoms with Gasteiger partial charge in [0.1, 0.15) is 0 Å². The van der Waals surface area contributed by atoms with Crippen molar-refractivity contribution in [1.29, 1.82) is 0 Å². The van der Waals surface area contributed by atoms with Gasteiger partial charge in [0.25, 0.3) is 0 Å². The SMILES string of the molecule is CCOC(C)=O.NCCc1ncc(-c2ccccc2)o1. The summed E-state index contributed by atoms with van der Waals surface area (Å²) in [5.74, 6) is 1.29. The van der Waals surface area contributed by atoms with Crippen molar-refractivity contribution >= 4 is 5.97 Å². The maximum Gasteiger partial charge on any atom is 0.302 e. The van der Waals surface area contributed by atoms with Gasteiger partial charge in [0.15, 0.2) is 11.7 Å². The molecule has 2 rings (SSSR count). The number of benzene rings is 1. The fourth-order valence-electron chi connectivity index (χ4n) is 1.49. The first-order valence-corrected chi connectivity index (χ1v) is 6.51. The van der Waals surface area contributed by atoms with Gasteiger partial charge in [0.05, 0.1) is 12.8 Å². The number of aromatic nitrogens is 1. The lowest BCUT2D eigenvalue weighted by Crippen LogP contribution is -2.02. The molecule has 0 saturated carbocycles. The van der Waals surface area contributed by atoms with Gasteiger partial charge in [0.2, 0.25) is 0 Å². The van der Waals surface area contributed by atoms with Crippen molar-refractivity contribution in [2.45, 2.75) is 20.3 Å². The zero-order valence-electron chi connectivity index (χ0n) is 11.8. The number of oxazole rings is 1. The van der Waals surface area contributed by atoms with E-state index in [1.807, 2.05) is 30.3 Å². The predicted octanol–water partition coefficient (Wildman–Crippen LogP) is 2.41. The molecule has 20 heavy (non-hydrogen) atoms. The summed E-state index contributed by atoms with van der Waals surface area (Å²) in [6.45, 7) is 4.22. The average Bonchev–Trinajstić information content (AvgIpc) is 2.89. The number of carbonyl (C=O) groups excluding carboxylic acids is 1. The molecule has 0 aliphatic heterocycles. The van der Waals surface area contributed by atoms with Crippen LogP contribution in [0.15, 0.2) is 40.9 Å². The van der Waals surface area contributed by atoms with Gasteiger partial charge in [-0.15, -0.1) is 0 Å². The van der Waals surface area contributed by atoms with E-state index >= 15 is 0 Å². The van der Waals surface area contributed by atoms with Gasteiger partial charge < -0.3 is 14.9 Å². The molecule has 5 heteroatoms. The van der Waals surface area contributed by atoms with Crippen molar-refractivity contribution in [2.75, 3.05) is 13.2 Å². The van der Waals surface area contributed by atoms with Crippen molar-refractivity contribution in [3.05, 3.63) is 42.4 Å². The first-order valence-electron chi connectivity index (χ1n) is 6.51. The fourth-order valence-corrected chi connectivity index (χ4v) is 1.49. The highest BCUT2D eigenvalue weighted by atomic mass is 16.5. The lowest BCUT2D eigenvalue weighted by Gasteiger charge is -1.93. The monoisotopic (exact) mass is 276 g/mol. The maximum atomic E-state index is 9.82. The minimum Gasteiger partial charge on any atom is -0.466 e. The van der Waals surface area contributed by atoms with Crippen LogP contribution in [0.2, 0.25) is 0 Å². The third-order valence-electron chi connectivity index (χ3n) is 2.32. The summed E-state index contributed by atoms with van der Waals surface area (Å²) >= 11 is 0. The van der Waals surface area contributed by atoms with E-state index in [0.29, 0.717) is 25.5 Å². The van der Waals surface area contributed by atoms with Crippen LogP contribution in [0.5, 0.6) is 0 Å². The van der Waals surface area contributed by atoms with E-state index in [2.05, 4.69) is 9.72 Å². The van der Waals surface area contributed by atoms with Crippen LogP contribution in [-0.2, 0) is 16.0 Å². The molecule has 0 atom stereocenters. The molecular weight excluding hydrogens is 256 g/mol. The van der Waals surface area contributed by atoms with Crippen LogP contribution < -0.4 is 5.73 Å². The van der Waals surface area contributed by atoms with Crippen LogP contribution >= 0.6 is 0 Å². The Morgan fingerprint density at radius 1 is 1.35 bits per heavy atom. The van der Waals surface area contributed by atoms with Crippen molar-refractivity contribution in [3.8, 4) is 11.3 Å². The van der Waals surface area contributed by atoms with E-state index in [1.165, 1.54) is 6.92 Å². The summed E-state index contributed by atoms with van der Waals surface area (Å²) < 4.78 is 9.92. The molecular formula is C15H20N2O3. The lowest BCUT2D eigenvalue weighted by atomic mass is 10.2. The highest BCUT2D eigenvalue weighted by molar-refractivity contribution is 5.65. The van der Waals surface area contributed by atoms with Crippen LogP contribution in [0.25, 0.3) is 11.3 Å². The minimum absolute atomic E-state index is 0.211. The Bertz CT molecular complexity index is 509. The minimum atomic E-state index is -0.211. The summed E-state index contributed by atoms with van der Waals surface area (Å²) in [6.07, 6.45) is 2.42. The first kappa shape index (κ1) is 15.9. The van der Waals surface area contributed by atoms with Gasteiger partial charge in [-0.1, -0.05) is 30.3 Å². The molecule has 108 valence electrons. The molecule has 0 amide bonds. The third-order valence-corrected chi connectivity index (χ3v) is 2.32. The van der Waals surface area contributed by atoms with Crippen LogP contribution in [-0.4, -0.2) is 24.1 Å². The van der Waals surface area contributed by atoms with Crippen LogP contribution in [0, 0.1) is 0 Å². The predicted molar refractivity (Wildman–Crippen MR) is 77.0 cm³/mol. The Morgan fingerprint density at radius 2 is 2.05 bits per heavy atom. The van der Waals surface area contributed by atoms with Gasteiger partial charge >= 0.3 is 5.97 Å². The molecule has 2 aromatic rings. The number of carbonyl (C=O) groups is 1. The van der Waals surface area contributed by atoms with E-state index in [0.717, 1.165) is 11.3 Å². The molecule has 0 radical (unpaired) electrons. The molecule has 0 unspecified atom stereocenters. The van der Waals surface area contributed by atoms with Crippen molar-refractivity contribution < 1.29 is 13.9 Å². The molecule has 0 fully saturated rings. The van der Waals surface area contributed by atoms with E-state index in [1.54, 1.807) is 13.1 Å². The van der Waals surface area contributed by atoms with E-state index in [9.17, 15) is 4.79 Å². The molecule has 1 aromatic carbocycles. The average molecular weight is 276 g/mol. The van der Waals surface area contributed by atoms with Crippen LogP contribution in [0.1, 0.15) is 19.7 Å². The number of ether oxygens (including phenoxy) is 1. The summed E-state index contributed by atoms with van der Waals surface area (Å²) in [5.41, 5.74) is 6.45. The summed E-state index contributed by atoms with van der Waals surface area (Å²) in [4.78, 5) is 14.0. The Kier molecular flexibility index (Phi) is 7.06. The molecule has 0 saturated heterocycles. The standard InChI is InChI=1S/C11H12N2O.C4H8O2/c12-7-6-11-13-8-10(14-11)9-4-2-1-3-5-9;1-3-6-4(2)5/h1-5,8H,6-7,12H2;3H2,1-2H3. The molecule has 0 bridgehead atoms. The van der Waals surface area contributed by atoms with Crippen molar-refractivity contribution in [1.82, 2.24) is 4.98 Å². The topological polar surface area (TPSA) is 78.4 Å². The summed E-state index contributed by atoms with van der Waals surface area (Å²) in [7, 11) is 0. The van der Waals surface area contributed by atoms with E-state index < -0.39 is 0 Å². The maximum absolute atomic E-state index is 9.82. The quantitative estimate of drug-likeness (QED) is 0.868. The second-order valence-electron chi connectivity index (χ2n) is 3.95. The zero-order valence-corrected chi connectivity index (χ0v) is 11.8. The van der Waals surface area contributed by atoms with Crippen molar-refractivity contribution in [3.63, 3.8) is 0 Å². The lowest BCUT2D eigenvalue weighted by molar-refractivity contribution is -0.140. The molecule has 0 aliphatic carbocycles. The third kappa shape index (κ3) is 5.67. The van der Waals surface area contributed by atoms with E-state index in [-0.39, 0.29) is 5.97 Å². The highest BCUT2D eigenvalue weighted by Gasteiger charge is 2.04. The number of hydrogen-bond donors (Lipinski definition) is 1. The Labute approximate surface area is 118 Å². The number of esters is 1. The van der Waals surface area contributed by atoms with Crippen molar-refractivity contribution in [2.24, 2.45) is 5.73 Å². The molecule has 0 spiro atoms. The second kappa shape index (κ2) is 8.87. The number of hydrogen-bond acceptors (Lipinski definition) is 5. The normalized spacial score (nSPS) is 9.55. The summed E-state index contributed by atoms with van der Waals surface area (Å²) in [5, 5.41) is 0. The van der Waals surface area contributed by atoms with Gasteiger partial charge in [-0.25, -0.2) is 4.98 Å². The highest BCUT2D eigenvalue weighted by Crippen LogP contribution is 2.19. The summed E-state index contributed by atoms with van der Waals surface area (Å²) in [6, 6.07) is 9.90. The largest absolute Gasteiger partial charge is 0.466 e. The Balaban J connectivity index is 0.000000286. The molecule has 5 nitrogen and oxygen atoms in total. The molecule has 0 aliphatic rings.